The quantitative estimate of drug-likeness (QED) is 0.820. The summed E-state index contributed by atoms with van der Waals surface area (Å²) in [7, 11) is 1.76. The molecule has 1 saturated heterocycles. The van der Waals surface area contributed by atoms with E-state index in [4.69, 9.17) is 0 Å². The number of para-hydroxylation sites is 1. The average molecular weight is 208 g/mol. The SMILES string of the molecule is CNc1c(F)cccc1CN1CC(C)C1. The Hall–Kier alpha value is -1.09. The van der Waals surface area contributed by atoms with Crippen molar-refractivity contribution in [1.29, 1.82) is 0 Å². The van der Waals surface area contributed by atoms with E-state index in [0.717, 1.165) is 31.1 Å². The summed E-state index contributed by atoms with van der Waals surface area (Å²) in [5.41, 5.74) is 1.68. The zero-order valence-electron chi connectivity index (χ0n) is 9.26. The van der Waals surface area contributed by atoms with Crippen LogP contribution < -0.4 is 5.32 Å². The van der Waals surface area contributed by atoms with Crippen LogP contribution in [0.4, 0.5) is 10.1 Å². The van der Waals surface area contributed by atoms with Crippen LogP contribution in [0.1, 0.15) is 12.5 Å². The van der Waals surface area contributed by atoms with Gasteiger partial charge in [0.25, 0.3) is 0 Å². The first-order valence-electron chi connectivity index (χ1n) is 5.38. The van der Waals surface area contributed by atoms with Crippen LogP contribution in [0.2, 0.25) is 0 Å². The van der Waals surface area contributed by atoms with E-state index in [1.54, 1.807) is 13.1 Å². The Morgan fingerprint density at radius 1 is 1.47 bits per heavy atom. The predicted octanol–water partition coefficient (Wildman–Crippen LogP) is 2.32. The van der Waals surface area contributed by atoms with Crippen LogP contribution in [0.25, 0.3) is 0 Å². The summed E-state index contributed by atoms with van der Waals surface area (Å²) in [5, 5.41) is 2.93. The second-order valence-electron chi connectivity index (χ2n) is 4.32. The first-order chi connectivity index (χ1) is 7.20. The van der Waals surface area contributed by atoms with E-state index in [9.17, 15) is 4.39 Å². The third-order valence-electron chi connectivity index (χ3n) is 2.88. The number of nitrogens with zero attached hydrogens (tertiary/aromatic N) is 1. The molecule has 1 aromatic rings. The van der Waals surface area contributed by atoms with Gasteiger partial charge in [-0.05, 0) is 17.5 Å². The first-order valence-corrected chi connectivity index (χ1v) is 5.38. The molecule has 1 aliphatic rings. The Balaban J connectivity index is 2.10. The number of rotatable bonds is 3. The van der Waals surface area contributed by atoms with Crippen molar-refractivity contribution in [3.63, 3.8) is 0 Å². The van der Waals surface area contributed by atoms with Gasteiger partial charge in [-0.25, -0.2) is 4.39 Å². The fourth-order valence-electron chi connectivity index (χ4n) is 2.18. The van der Waals surface area contributed by atoms with E-state index in [-0.39, 0.29) is 5.82 Å². The lowest BCUT2D eigenvalue weighted by atomic mass is 10.0. The highest BCUT2D eigenvalue weighted by molar-refractivity contribution is 5.51. The Morgan fingerprint density at radius 3 is 2.80 bits per heavy atom. The van der Waals surface area contributed by atoms with Gasteiger partial charge in [0, 0.05) is 26.7 Å². The summed E-state index contributed by atoms with van der Waals surface area (Å²) >= 11 is 0. The maximum Gasteiger partial charge on any atom is 0.146 e. The van der Waals surface area contributed by atoms with E-state index >= 15 is 0 Å². The molecular formula is C12H17FN2. The van der Waals surface area contributed by atoms with Crippen LogP contribution in [-0.2, 0) is 6.54 Å². The second kappa shape index (κ2) is 4.19. The maximum absolute atomic E-state index is 13.4. The van der Waals surface area contributed by atoms with Crippen LogP contribution in [-0.4, -0.2) is 25.0 Å². The lowest BCUT2D eigenvalue weighted by Gasteiger charge is -2.37. The zero-order valence-corrected chi connectivity index (χ0v) is 9.26. The molecule has 1 heterocycles. The van der Waals surface area contributed by atoms with Gasteiger partial charge in [-0.3, -0.25) is 4.90 Å². The number of benzene rings is 1. The number of halogens is 1. The number of anilines is 1. The Morgan fingerprint density at radius 2 is 2.20 bits per heavy atom. The number of likely N-dealkylation sites (tertiary alicyclic amines) is 1. The highest BCUT2D eigenvalue weighted by atomic mass is 19.1. The van der Waals surface area contributed by atoms with Gasteiger partial charge >= 0.3 is 0 Å². The van der Waals surface area contributed by atoms with E-state index in [0.29, 0.717) is 5.69 Å². The van der Waals surface area contributed by atoms with Gasteiger partial charge in [0.05, 0.1) is 5.69 Å². The minimum atomic E-state index is -0.163. The van der Waals surface area contributed by atoms with Gasteiger partial charge < -0.3 is 5.32 Å². The maximum atomic E-state index is 13.4. The van der Waals surface area contributed by atoms with Crippen LogP contribution in [0.15, 0.2) is 18.2 Å². The molecule has 1 fully saturated rings. The molecule has 82 valence electrons. The van der Waals surface area contributed by atoms with Crippen molar-refractivity contribution in [2.24, 2.45) is 5.92 Å². The molecule has 2 nitrogen and oxygen atoms in total. The lowest BCUT2D eigenvalue weighted by Crippen LogP contribution is -2.44. The summed E-state index contributed by atoms with van der Waals surface area (Å²) in [6, 6.07) is 5.25. The Kier molecular flexibility index (Phi) is 2.91. The van der Waals surface area contributed by atoms with E-state index in [1.165, 1.54) is 6.07 Å². The number of nitrogens with one attached hydrogen (secondary N) is 1. The van der Waals surface area contributed by atoms with Crippen molar-refractivity contribution in [3.05, 3.63) is 29.6 Å². The van der Waals surface area contributed by atoms with Gasteiger partial charge in [-0.15, -0.1) is 0 Å². The standard InChI is InChI=1S/C12H17FN2/c1-9-6-15(7-9)8-10-4-3-5-11(13)12(10)14-2/h3-5,9,14H,6-8H2,1-2H3. The molecule has 0 saturated carbocycles. The molecule has 0 bridgehead atoms. The molecule has 1 N–H and O–H groups in total. The summed E-state index contributed by atoms with van der Waals surface area (Å²) in [4.78, 5) is 2.33. The molecular weight excluding hydrogens is 191 g/mol. The Labute approximate surface area is 90.1 Å². The predicted molar refractivity (Wildman–Crippen MR) is 60.4 cm³/mol. The van der Waals surface area contributed by atoms with E-state index in [1.807, 2.05) is 6.07 Å². The van der Waals surface area contributed by atoms with Gasteiger partial charge in [0.15, 0.2) is 0 Å². The van der Waals surface area contributed by atoms with Gasteiger partial charge in [-0.1, -0.05) is 19.1 Å². The smallest absolute Gasteiger partial charge is 0.146 e. The zero-order chi connectivity index (χ0) is 10.8. The summed E-state index contributed by atoms with van der Waals surface area (Å²) in [6.45, 7) is 5.33. The van der Waals surface area contributed by atoms with Gasteiger partial charge in [0.2, 0.25) is 0 Å². The molecule has 0 aliphatic carbocycles. The Bertz CT molecular complexity index is 345. The summed E-state index contributed by atoms with van der Waals surface area (Å²) in [6.07, 6.45) is 0. The highest BCUT2D eigenvalue weighted by Crippen LogP contribution is 2.24. The third-order valence-corrected chi connectivity index (χ3v) is 2.88. The molecule has 1 aliphatic heterocycles. The largest absolute Gasteiger partial charge is 0.385 e. The minimum absolute atomic E-state index is 0.163. The van der Waals surface area contributed by atoms with Crippen LogP contribution >= 0.6 is 0 Å². The monoisotopic (exact) mass is 208 g/mol. The topological polar surface area (TPSA) is 15.3 Å². The van der Waals surface area contributed by atoms with Crippen molar-refractivity contribution in [1.82, 2.24) is 4.90 Å². The van der Waals surface area contributed by atoms with Gasteiger partial charge in [-0.2, -0.15) is 0 Å². The minimum Gasteiger partial charge on any atom is -0.385 e. The molecule has 15 heavy (non-hydrogen) atoms. The lowest BCUT2D eigenvalue weighted by molar-refractivity contribution is 0.105. The number of hydrogen-bond donors (Lipinski definition) is 1. The van der Waals surface area contributed by atoms with E-state index in [2.05, 4.69) is 17.1 Å². The summed E-state index contributed by atoms with van der Waals surface area (Å²) < 4.78 is 13.4. The van der Waals surface area contributed by atoms with Crippen LogP contribution in [0.3, 0.4) is 0 Å². The number of hydrogen-bond acceptors (Lipinski definition) is 2. The third kappa shape index (κ3) is 2.12. The first kappa shape index (κ1) is 10.4. The molecule has 3 heteroatoms. The van der Waals surface area contributed by atoms with Crippen molar-refractivity contribution >= 4 is 5.69 Å². The fourth-order valence-corrected chi connectivity index (χ4v) is 2.18. The molecule has 0 radical (unpaired) electrons. The molecule has 0 atom stereocenters. The molecule has 0 unspecified atom stereocenters. The van der Waals surface area contributed by atoms with Crippen molar-refractivity contribution < 1.29 is 4.39 Å². The van der Waals surface area contributed by atoms with E-state index < -0.39 is 0 Å². The summed E-state index contributed by atoms with van der Waals surface area (Å²) in [5.74, 6) is 0.625. The average Bonchev–Trinajstić information content (AvgIpc) is 2.16. The molecule has 0 spiro atoms. The molecule has 2 rings (SSSR count). The van der Waals surface area contributed by atoms with Crippen molar-refractivity contribution in [2.45, 2.75) is 13.5 Å². The van der Waals surface area contributed by atoms with Gasteiger partial charge in [0.1, 0.15) is 5.82 Å². The molecule has 0 amide bonds. The highest BCUT2D eigenvalue weighted by Gasteiger charge is 2.23. The second-order valence-corrected chi connectivity index (χ2v) is 4.32. The fraction of sp³-hybridized carbons (Fsp3) is 0.500. The molecule has 1 aromatic carbocycles. The van der Waals surface area contributed by atoms with Crippen LogP contribution in [0, 0.1) is 11.7 Å². The normalized spacial score (nSPS) is 17.5. The van der Waals surface area contributed by atoms with Crippen molar-refractivity contribution in [3.8, 4) is 0 Å². The molecule has 0 aromatic heterocycles. The van der Waals surface area contributed by atoms with Crippen LogP contribution in [0.5, 0.6) is 0 Å². The van der Waals surface area contributed by atoms with Crippen molar-refractivity contribution in [2.75, 3.05) is 25.5 Å².